The number of carbonyl (C=O) groups excluding carboxylic acids is 1. The van der Waals surface area contributed by atoms with E-state index in [4.69, 9.17) is 0 Å². The van der Waals surface area contributed by atoms with Crippen LogP contribution in [0.3, 0.4) is 0 Å². The van der Waals surface area contributed by atoms with E-state index in [9.17, 15) is 9.18 Å². The lowest BCUT2D eigenvalue weighted by molar-refractivity contribution is -0.917. The number of piperazine rings is 1. The molecule has 126 valence electrons. The Balaban J connectivity index is 1.49. The number of hydrogen-bond donors (Lipinski definition) is 1. The fourth-order valence-corrected chi connectivity index (χ4v) is 4.35. The number of amides is 1. The Morgan fingerprint density at radius 3 is 2.75 bits per heavy atom. The van der Waals surface area contributed by atoms with Gasteiger partial charge in [-0.2, -0.15) is 0 Å². The Labute approximate surface area is 153 Å². The van der Waals surface area contributed by atoms with Crippen LogP contribution in [0, 0.1) is 5.82 Å². The summed E-state index contributed by atoms with van der Waals surface area (Å²) in [5, 5.41) is 0. The van der Waals surface area contributed by atoms with Crippen LogP contribution >= 0.6 is 27.3 Å². The third kappa shape index (κ3) is 4.75. The molecule has 1 saturated heterocycles. The lowest BCUT2D eigenvalue weighted by Crippen LogP contribution is -3.13. The molecule has 1 amide bonds. The van der Waals surface area contributed by atoms with Crippen molar-refractivity contribution in [1.82, 2.24) is 4.90 Å². The summed E-state index contributed by atoms with van der Waals surface area (Å²) in [6, 6.07) is 10.5. The highest BCUT2D eigenvalue weighted by molar-refractivity contribution is 9.11. The highest BCUT2D eigenvalue weighted by Gasteiger charge is 2.22. The number of thiophene rings is 1. The van der Waals surface area contributed by atoms with Gasteiger partial charge < -0.3 is 9.80 Å². The van der Waals surface area contributed by atoms with Crippen LogP contribution in [-0.2, 0) is 11.3 Å². The normalized spacial score (nSPS) is 16.0. The first-order valence-electron chi connectivity index (χ1n) is 7.90. The van der Waals surface area contributed by atoms with Crippen molar-refractivity contribution in [2.45, 2.75) is 6.54 Å². The molecular formula is C18H19BrFN2OS+. The minimum atomic E-state index is -0.290. The highest BCUT2D eigenvalue weighted by atomic mass is 79.9. The predicted molar refractivity (Wildman–Crippen MR) is 98.4 cm³/mol. The van der Waals surface area contributed by atoms with Gasteiger partial charge >= 0.3 is 0 Å². The number of halogens is 2. The van der Waals surface area contributed by atoms with Crippen molar-refractivity contribution >= 4 is 39.2 Å². The van der Waals surface area contributed by atoms with Gasteiger partial charge in [-0.15, -0.1) is 11.3 Å². The summed E-state index contributed by atoms with van der Waals surface area (Å²) in [4.78, 5) is 17.0. The van der Waals surface area contributed by atoms with Gasteiger partial charge in [0.25, 0.3) is 0 Å². The Morgan fingerprint density at radius 2 is 2.08 bits per heavy atom. The van der Waals surface area contributed by atoms with Gasteiger partial charge in [0.05, 0.1) is 34.8 Å². The standard InChI is InChI=1S/C18H18BrFN2OS/c19-17-6-5-16(24-17)13-21-8-10-22(11-9-21)18(23)7-4-14-2-1-3-15(20)12-14/h1-7,12H,8-11,13H2/p+1/b7-4+. The van der Waals surface area contributed by atoms with Crippen molar-refractivity contribution in [3.63, 3.8) is 0 Å². The number of nitrogens with one attached hydrogen (secondary N) is 1. The van der Waals surface area contributed by atoms with Crippen molar-refractivity contribution in [1.29, 1.82) is 0 Å². The van der Waals surface area contributed by atoms with Crippen molar-refractivity contribution in [3.05, 3.63) is 62.5 Å². The van der Waals surface area contributed by atoms with Gasteiger partial charge in [-0.1, -0.05) is 12.1 Å². The van der Waals surface area contributed by atoms with E-state index >= 15 is 0 Å². The fraction of sp³-hybridized carbons (Fsp3) is 0.278. The number of nitrogens with zero attached hydrogens (tertiary/aromatic N) is 1. The Bertz CT molecular complexity index is 738. The van der Waals surface area contributed by atoms with E-state index in [1.54, 1.807) is 29.5 Å². The molecule has 1 aliphatic rings. The Morgan fingerprint density at radius 1 is 1.29 bits per heavy atom. The summed E-state index contributed by atoms with van der Waals surface area (Å²) < 4.78 is 14.3. The first kappa shape index (κ1) is 17.3. The molecule has 1 aliphatic heterocycles. The smallest absolute Gasteiger partial charge is 0.246 e. The van der Waals surface area contributed by atoms with Gasteiger partial charge in [0.2, 0.25) is 5.91 Å². The van der Waals surface area contributed by atoms with Crippen molar-refractivity contribution in [2.24, 2.45) is 0 Å². The topological polar surface area (TPSA) is 24.8 Å². The van der Waals surface area contributed by atoms with E-state index in [0.717, 1.165) is 36.5 Å². The SMILES string of the molecule is O=C(/C=C/c1cccc(F)c1)N1CC[NH+](Cc2ccc(Br)s2)CC1. The molecule has 1 N–H and O–H groups in total. The maximum absolute atomic E-state index is 13.1. The zero-order valence-electron chi connectivity index (χ0n) is 13.2. The minimum absolute atomic E-state index is 0.00261. The highest BCUT2D eigenvalue weighted by Crippen LogP contribution is 2.21. The van der Waals surface area contributed by atoms with Crippen LogP contribution in [0.15, 0.2) is 46.3 Å². The van der Waals surface area contributed by atoms with Gasteiger partial charge in [-0.25, -0.2) is 4.39 Å². The molecule has 0 atom stereocenters. The lowest BCUT2D eigenvalue weighted by Gasteiger charge is -2.31. The molecule has 6 heteroatoms. The second-order valence-electron chi connectivity index (χ2n) is 5.85. The first-order valence-corrected chi connectivity index (χ1v) is 9.51. The summed E-state index contributed by atoms with van der Waals surface area (Å²) >= 11 is 5.26. The molecule has 24 heavy (non-hydrogen) atoms. The predicted octanol–water partition coefficient (Wildman–Crippen LogP) is 2.59. The molecule has 0 spiro atoms. The molecule has 0 radical (unpaired) electrons. The van der Waals surface area contributed by atoms with Crippen molar-refractivity contribution in [2.75, 3.05) is 26.2 Å². The van der Waals surface area contributed by atoms with E-state index in [1.165, 1.54) is 28.0 Å². The Hall–Kier alpha value is -1.50. The average molecular weight is 410 g/mol. The molecule has 0 saturated carbocycles. The number of hydrogen-bond acceptors (Lipinski definition) is 2. The minimum Gasteiger partial charge on any atom is -0.328 e. The molecular weight excluding hydrogens is 391 g/mol. The molecule has 1 aromatic heterocycles. The zero-order chi connectivity index (χ0) is 16.9. The van der Waals surface area contributed by atoms with Crippen molar-refractivity contribution < 1.29 is 14.1 Å². The lowest BCUT2D eigenvalue weighted by atomic mass is 10.2. The van der Waals surface area contributed by atoms with E-state index in [1.807, 2.05) is 4.90 Å². The summed E-state index contributed by atoms with van der Waals surface area (Å²) in [6.07, 6.45) is 3.21. The number of rotatable bonds is 4. The molecule has 0 bridgehead atoms. The van der Waals surface area contributed by atoms with Gasteiger partial charge in [-0.3, -0.25) is 4.79 Å². The monoisotopic (exact) mass is 409 g/mol. The molecule has 2 heterocycles. The average Bonchev–Trinajstić information content (AvgIpc) is 2.98. The maximum Gasteiger partial charge on any atom is 0.246 e. The number of quaternary nitrogens is 1. The molecule has 1 aromatic carbocycles. The van der Waals surface area contributed by atoms with Crippen LogP contribution in [-0.4, -0.2) is 37.0 Å². The van der Waals surface area contributed by atoms with Crippen molar-refractivity contribution in [3.8, 4) is 0 Å². The fourth-order valence-electron chi connectivity index (χ4n) is 2.80. The van der Waals surface area contributed by atoms with Gasteiger partial charge in [-0.05, 0) is 51.8 Å². The van der Waals surface area contributed by atoms with Gasteiger partial charge in [0, 0.05) is 6.08 Å². The zero-order valence-corrected chi connectivity index (χ0v) is 15.6. The largest absolute Gasteiger partial charge is 0.328 e. The number of benzene rings is 1. The summed E-state index contributed by atoms with van der Waals surface area (Å²) in [6.45, 7) is 4.43. The number of carbonyl (C=O) groups is 1. The van der Waals surface area contributed by atoms with Crippen LogP contribution in [0.2, 0.25) is 0 Å². The van der Waals surface area contributed by atoms with Crippen LogP contribution < -0.4 is 4.90 Å². The van der Waals surface area contributed by atoms with E-state index in [-0.39, 0.29) is 11.7 Å². The van der Waals surface area contributed by atoms with Gasteiger partial charge in [0.15, 0.2) is 0 Å². The third-order valence-corrected chi connectivity index (χ3v) is 5.73. The summed E-state index contributed by atoms with van der Waals surface area (Å²) in [7, 11) is 0. The molecule has 3 nitrogen and oxygen atoms in total. The van der Waals surface area contributed by atoms with Crippen LogP contribution in [0.1, 0.15) is 10.4 Å². The molecule has 3 rings (SSSR count). The van der Waals surface area contributed by atoms with Crippen LogP contribution in [0.25, 0.3) is 6.08 Å². The molecule has 0 aliphatic carbocycles. The second kappa shape index (κ2) is 8.05. The molecule has 2 aromatic rings. The van der Waals surface area contributed by atoms with E-state index < -0.39 is 0 Å². The van der Waals surface area contributed by atoms with E-state index in [0.29, 0.717) is 5.56 Å². The quantitative estimate of drug-likeness (QED) is 0.771. The summed E-state index contributed by atoms with van der Waals surface area (Å²) in [5.74, 6) is -0.292. The third-order valence-electron chi connectivity index (χ3n) is 4.10. The maximum atomic E-state index is 13.1. The molecule has 0 unspecified atom stereocenters. The Kier molecular flexibility index (Phi) is 5.81. The second-order valence-corrected chi connectivity index (χ2v) is 8.39. The molecule has 1 fully saturated rings. The van der Waals surface area contributed by atoms with Gasteiger partial charge in [0.1, 0.15) is 12.4 Å². The van der Waals surface area contributed by atoms with Crippen LogP contribution in [0.5, 0.6) is 0 Å². The summed E-state index contributed by atoms with van der Waals surface area (Å²) in [5.41, 5.74) is 0.705. The van der Waals surface area contributed by atoms with E-state index in [2.05, 4.69) is 28.1 Å². The van der Waals surface area contributed by atoms with Crippen LogP contribution in [0.4, 0.5) is 4.39 Å². The first-order chi connectivity index (χ1) is 11.6.